The Morgan fingerprint density at radius 2 is 1.10 bits per heavy atom. The molecule has 0 spiro atoms. The molecule has 0 unspecified atom stereocenters. The van der Waals surface area contributed by atoms with Crippen LogP contribution in [0, 0.1) is 0 Å². The normalized spacial score (nSPS) is 14.3. The number of halogens is 2. The smallest absolute Gasteiger partial charge is 0.410 e. The molecule has 1 amide bonds. The molecular formula is C51H48Cl2N10O6S2. The van der Waals surface area contributed by atoms with Crippen LogP contribution in [0.3, 0.4) is 0 Å². The molecular weight excluding hydrogens is 984 g/mol. The van der Waals surface area contributed by atoms with Crippen molar-refractivity contribution in [3.8, 4) is 22.5 Å². The fourth-order valence-electron chi connectivity index (χ4n) is 8.01. The summed E-state index contributed by atoms with van der Waals surface area (Å²) in [6, 6.07) is 30.3. The van der Waals surface area contributed by atoms with Gasteiger partial charge in [-0.15, -0.1) is 0 Å². The van der Waals surface area contributed by atoms with Crippen molar-refractivity contribution in [1.29, 1.82) is 0 Å². The molecule has 2 aliphatic rings. The Bertz CT molecular complexity index is 3540. The fourth-order valence-corrected chi connectivity index (χ4v) is 10.4. The number of anilines is 2. The third kappa shape index (κ3) is 11.6. The maximum absolute atomic E-state index is 12.7. The van der Waals surface area contributed by atoms with Crippen LogP contribution in [-0.2, 0) is 24.8 Å². The van der Waals surface area contributed by atoms with E-state index >= 15 is 0 Å². The molecule has 6 heterocycles. The van der Waals surface area contributed by atoms with E-state index in [1.54, 1.807) is 45.8 Å². The number of aromatic nitrogens is 6. The zero-order valence-corrected chi connectivity index (χ0v) is 41.9. The molecule has 364 valence electrons. The first-order valence-corrected chi connectivity index (χ1v) is 26.2. The van der Waals surface area contributed by atoms with Crippen LogP contribution >= 0.6 is 23.2 Å². The Morgan fingerprint density at radius 1 is 0.634 bits per heavy atom. The first-order chi connectivity index (χ1) is 34.0. The molecule has 8 aromatic rings. The van der Waals surface area contributed by atoms with Crippen LogP contribution in [0.25, 0.3) is 44.7 Å². The number of nitrogens with one attached hydrogen (secondary N) is 3. The lowest BCUT2D eigenvalue weighted by Crippen LogP contribution is -2.39. The molecule has 71 heavy (non-hydrogen) atoms. The minimum absolute atomic E-state index is 0.125. The summed E-state index contributed by atoms with van der Waals surface area (Å²) in [5.74, 6) is 0. The monoisotopic (exact) mass is 1030 g/mol. The molecule has 4 aromatic carbocycles. The second-order valence-electron chi connectivity index (χ2n) is 17.7. The lowest BCUT2D eigenvalue weighted by Gasteiger charge is -2.29. The van der Waals surface area contributed by atoms with Gasteiger partial charge in [0.15, 0.2) is 0 Å². The second-order valence-corrected chi connectivity index (χ2v) is 21.9. The molecule has 0 atom stereocenters. The lowest BCUT2D eigenvalue weighted by atomic mass is 10.0. The average Bonchev–Trinajstić information content (AvgIpc) is 4.01. The van der Waals surface area contributed by atoms with Crippen LogP contribution in [0.1, 0.15) is 44.7 Å². The van der Waals surface area contributed by atoms with E-state index in [0.717, 1.165) is 69.8 Å². The maximum atomic E-state index is 12.7. The summed E-state index contributed by atoms with van der Waals surface area (Å²) in [6.45, 7) is 8.44. The quantitative estimate of drug-likeness (QED) is 0.118. The highest BCUT2D eigenvalue weighted by molar-refractivity contribution is 7.93. The van der Waals surface area contributed by atoms with E-state index in [1.165, 1.54) is 54.6 Å². The minimum atomic E-state index is -3.75. The van der Waals surface area contributed by atoms with Crippen molar-refractivity contribution < 1.29 is 26.4 Å². The third-order valence-electron chi connectivity index (χ3n) is 11.5. The number of nitrogens with zero attached hydrogens (tertiary/aromatic N) is 7. The molecule has 10 rings (SSSR count). The summed E-state index contributed by atoms with van der Waals surface area (Å²) in [5.41, 5.74) is 9.83. The maximum Gasteiger partial charge on any atom is 0.410 e. The van der Waals surface area contributed by atoms with Gasteiger partial charge in [0, 0.05) is 64.6 Å². The predicted octanol–water partition coefficient (Wildman–Crippen LogP) is 10.1. The molecule has 0 saturated carbocycles. The topological polar surface area (TPSA) is 194 Å². The molecule has 3 N–H and O–H groups in total. The Labute approximate surface area is 421 Å². The SMILES string of the molecule is CC(C)(C)OC(=O)N1CC=C(c2cc3c(-c4ccc(NS(=O)(=O)c5ccc(Cl)cc5)cc4)ncnn3c2)CC1.O=S(=O)(Nc1ccc(-c2ncnn3cc(C4=CCNCC4)cc23)cc1)c1ccc(Cl)cc1. The second kappa shape index (κ2) is 20.3. The van der Waals surface area contributed by atoms with Crippen molar-refractivity contribution in [1.82, 2.24) is 39.4 Å². The Balaban J connectivity index is 0.000000179. The highest BCUT2D eigenvalue weighted by Gasteiger charge is 2.25. The number of rotatable bonds is 10. The molecule has 0 saturated heterocycles. The fraction of sp³-hybridized carbons (Fsp3) is 0.196. The number of fused-ring (bicyclic) bond motifs is 2. The molecule has 4 aromatic heterocycles. The third-order valence-corrected chi connectivity index (χ3v) is 14.8. The van der Waals surface area contributed by atoms with Crippen LogP contribution in [-0.4, -0.2) is 88.8 Å². The molecule has 0 radical (unpaired) electrons. The van der Waals surface area contributed by atoms with Gasteiger partial charge in [0.25, 0.3) is 20.0 Å². The molecule has 0 bridgehead atoms. The zero-order valence-electron chi connectivity index (χ0n) is 38.8. The number of hydrogen-bond acceptors (Lipinski definition) is 11. The average molecular weight is 1030 g/mol. The van der Waals surface area contributed by atoms with Crippen molar-refractivity contribution in [2.24, 2.45) is 0 Å². The van der Waals surface area contributed by atoms with Crippen molar-refractivity contribution in [3.05, 3.63) is 168 Å². The number of ether oxygens (including phenoxy) is 1. The Hall–Kier alpha value is -7.09. The highest BCUT2D eigenvalue weighted by Crippen LogP contribution is 2.32. The number of carbonyl (C=O) groups excluding carboxylic acids is 1. The number of carbonyl (C=O) groups is 1. The first-order valence-electron chi connectivity index (χ1n) is 22.5. The molecule has 0 aliphatic carbocycles. The van der Waals surface area contributed by atoms with Gasteiger partial charge in [-0.1, -0.05) is 59.6 Å². The van der Waals surface area contributed by atoms with E-state index in [4.69, 9.17) is 27.9 Å². The summed E-state index contributed by atoms with van der Waals surface area (Å²) in [5, 5.41) is 13.0. The van der Waals surface area contributed by atoms with Gasteiger partial charge >= 0.3 is 6.09 Å². The minimum Gasteiger partial charge on any atom is -0.444 e. The van der Waals surface area contributed by atoms with Gasteiger partial charge in [-0.2, -0.15) is 10.2 Å². The van der Waals surface area contributed by atoms with Gasteiger partial charge in [0.2, 0.25) is 0 Å². The molecule has 16 nitrogen and oxygen atoms in total. The first kappa shape index (κ1) is 48.9. The van der Waals surface area contributed by atoms with E-state index in [-0.39, 0.29) is 15.9 Å². The van der Waals surface area contributed by atoms with Gasteiger partial charge in [0.05, 0.1) is 32.2 Å². The Kier molecular flexibility index (Phi) is 14.0. The van der Waals surface area contributed by atoms with Crippen molar-refractivity contribution >= 4 is 82.9 Å². The molecule has 0 fully saturated rings. The zero-order chi connectivity index (χ0) is 49.9. The van der Waals surface area contributed by atoms with Crippen LogP contribution in [0.5, 0.6) is 0 Å². The number of benzene rings is 4. The van der Waals surface area contributed by atoms with E-state index in [9.17, 15) is 21.6 Å². The molecule has 2 aliphatic heterocycles. The van der Waals surface area contributed by atoms with Crippen LogP contribution in [0.4, 0.5) is 16.2 Å². The summed E-state index contributed by atoms with van der Waals surface area (Å²) in [4.78, 5) is 23.3. The van der Waals surface area contributed by atoms with E-state index in [2.05, 4.69) is 47.1 Å². The summed E-state index contributed by atoms with van der Waals surface area (Å²) >= 11 is 11.7. The summed E-state index contributed by atoms with van der Waals surface area (Å²) in [7, 11) is -7.45. The van der Waals surface area contributed by atoms with Gasteiger partial charge in [-0.3, -0.25) is 9.44 Å². The van der Waals surface area contributed by atoms with Gasteiger partial charge in [0.1, 0.15) is 18.3 Å². The van der Waals surface area contributed by atoms with Crippen LogP contribution < -0.4 is 14.8 Å². The number of amides is 1. The summed E-state index contributed by atoms with van der Waals surface area (Å²) < 4.78 is 64.9. The number of sulfonamides is 2. The van der Waals surface area contributed by atoms with E-state index in [0.29, 0.717) is 40.9 Å². The van der Waals surface area contributed by atoms with E-state index < -0.39 is 25.6 Å². The van der Waals surface area contributed by atoms with Crippen molar-refractivity contribution in [3.63, 3.8) is 0 Å². The predicted molar refractivity (Wildman–Crippen MR) is 277 cm³/mol. The highest BCUT2D eigenvalue weighted by atomic mass is 35.5. The molecule has 20 heteroatoms. The Morgan fingerprint density at radius 3 is 1.51 bits per heavy atom. The van der Waals surface area contributed by atoms with Crippen LogP contribution in [0.15, 0.2) is 156 Å². The van der Waals surface area contributed by atoms with Crippen LogP contribution in [0.2, 0.25) is 10.0 Å². The summed E-state index contributed by atoms with van der Waals surface area (Å²) in [6.07, 6.45) is 12.6. The van der Waals surface area contributed by atoms with E-state index in [1.807, 2.05) is 74.1 Å². The van der Waals surface area contributed by atoms with Crippen molar-refractivity contribution in [2.45, 2.75) is 49.0 Å². The van der Waals surface area contributed by atoms with Gasteiger partial charge < -0.3 is 15.0 Å². The largest absolute Gasteiger partial charge is 0.444 e. The standard InChI is InChI=1S/C28H28ClN5O4S.C23H20ClN5O2S/c1-28(2,3)38-27(35)33-14-12-19(13-15-33)21-16-25-26(30-18-31-34(25)17-21)20-4-8-23(9-5-20)32-39(36,37)24-10-6-22(29)7-11-24;24-19-3-7-21(8-4-19)32(30,31)28-20-5-1-17(2-6-20)23-22-13-18(14-29(22)27-15-26-23)16-9-11-25-12-10-16/h4-12,16-18,32H,13-15H2,1-3H3;1-9,13-15,25,28H,10-12H2. The van der Waals surface area contributed by atoms with Gasteiger partial charge in [-0.25, -0.2) is 40.6 Å². The van der Waals surface area contributed by atoms with Crippen molar-refractivity contribution in [2.75, 3.05) is 35.6 Å². The number of hydrogen-bond donors (Lipinski definition) is 3. The van der Waals surface area contributed by atoms with Gasteiger partial charge in [-0.05, 0) is 147 Å². The lowest BCUT2D eigenvalue weighted by molar-refractivity contribution is 0.0270.